The lowest BCUT2D eigenvalue weighted by Gasteiger charge is -2.26. The lowest BCUT2D eigenvalue weighted by molar-refractivity contribution is 0.466. The number of aryl methyl sites for hydroxylation is 1. The van der Waals surface area contributed by atoms with Gasteiger partial charge in [0.15, 0.2) is 0 Å². The fourth-order valence-electron chi connectivity index (χ4n) is 4.67. The van der Waals surface area contributed by atoms with E-state index in [2.05, 4.69) is 43.3 Å². The largest absolute Gasteiger partial charge is 0.457 e. The zero-order valence-electron chi connectivity index (χ0n) is 23.4. The Kier molecular flexibility index (Phi) is 8.01. The molecule has 5 aromatic rings. The van der Waals surface area contributed by atoms with Gasteiger partial charge in [-0.15, -0.1) is 0 Å². The first-order valence-electron chi connectivity index (χ1n) is 13.4. The lowest BCUT2D eigenvalue weighted by Crippen LogP contribution is -2.54. The van der Waals surface area contributed by atoms with E-state index in [4.69, 9.17) is 4.74 Å². The van der Waals surface area contributed by atoms with Crippen molar-refractivity contribution in [2.24, 2.45) is 14.1 Å². The highest BCUT2D eigenvalue weighted by Crippen LogP contribution is 2.28. The molecule has 41 heavy (non-hydrogen) atoms. The third-order valence-electron chi connectivity index (χ3n) is 7.06. The number of para-hydroxylation sites is 2. The fourth-order valence-corrected chi connectivity index (χ4v) is 4.67. The molecule has 0 atom stereocenters. The fraction of sp³-hybridized carbons (Fsp3) is 0.182. The SMILES string of the molecule is Cc1ccc(Cc2ccc(Oc3ccccc3CN(Cn3c(=O)n(C)c(=O)n(C)c3=O)c3ccccc3)cc2)cc1. The first-order chi connectivity index (χ1) is 19.8. The van der Waals surface area contributed by atoms with E-state index in [1.165, 1.54) is 30.8 Å². The average Bonchev–Trinajstić information content (AvgIpc) is 3.00. The van der Waals surface area contributed by atoms with Crippen LogP contribution in [0.15, 0.2) is 118 Å². The van der Waals surface area contributed by atoms with Gasteiger partial charge < -0.3 is 9.64 Å². The summed E-state index contributed by atoms with van der Waals surface area (Å²) in [4.78, 5) is 40.0. The number of hydrogen-bond donors (Lipinski definition) is 0. The molecule has 0 spiro atoms. The Balaban J connectivity index is 1.41. The van der Waals surface area contributed by atoms with Crippen molar-refractivity contribution in [3.8, 4) is 11.5 Å². The van der Waals surface area contributed by atoms with E-state index in [0.29, 0.717) is 18.0 Å². The molecule has 0 aliphatic heterocycles. The van der Waals surface area contributed by atoms with E-state index in [1.807, 2.05) is 71.6 Å². The molecule has 0 saturated carbocycles. The van der Waals surface area contributed by atoms with Crippen molar-refractivity contribution >= 4 is 5.69 Å². The van der Waals surface area contributed by atoms with Gasteiger partial charge >= 0.3 is 17.1 Å². The highest BCUT2D eigenvalue weighted by Gasteiger charge is 2.17. The van der Waals surface area contributed by atoms with Crippen molar-refractivity contribution in [2.75, 3.05) is 4.90 Å². The summed E-state index contributed by atoms with van der Waals surface area (Å²) in [5, 5.41) is 0. The van der Waals surface area contributed by atoms with E-state index < -0.39 is 17.1 Å². The predicted molar refractivity (Wildman–Crippen MR) is 161 cm³/mol. The molecule has 0 saturated heterocycles. The van der Waals surface area contributed by atoms with Crippen LogP contribution in [-0.2, 0) is 33.7 Å². The van der Waals surface area contributed by atoms with Gasteiger partial charge in [-0.3, -0.25) is 0 Å². The summed E-state index contributed by atoms with van der Waals surface area (Å²) in [6.45, 7) is 2.38. The normalized spacial score (nSPS) is 10.9. The average molecular weight is 549 g/mol. The number of ether oxygens (including phenoxy) is 1. The first kappa shape index (κ1) is 27.5. The predicted octanol–water partition coefficient (Wildman–Crippen LogP) is 4.60. The van der Waals surface area contributed by atoms with Gasteiger partial charge in [0.25, 0.3) is 0 Å². The molecule has 0 bridgehead atoms. The van der Waals surface area contributed by atoms with Crippen LogP contribution >= 0.6 is 0 Å². The van der Waals surface area contributed by atoms with Crippen molar-refractivity contribution in [3.63, 3.8) is 0 Å². The Morgan fingerprint density at radius 3 is 1.85 bits per heavy atom. The van der Waals surface area contributed by atoms with Crippen LogP contribution < -0.4 is 26.7 Å². The number of nitrogens with zero attached hydrogens (tertiary/aromatic N) is 4. The number of rotatable bonds is 9. The summed E-state index contributed by atoms with van der Waals surface area (Å²) in [7, 11) is 2.73. The van der Waals surface area contributed by atoms with Gasteiger partial charge in [0.05, 0.1) is 0 Å². The summed E-state index contributed by atoms with van der Waals surface area (Å²) in [6.07, 6.45) is 0.840. The van der Waals surface area contributed by atoms with Gasteiger partial charge in [-0.1, -0.05) is 78.4 Å². The molecule has 0 amide bonds. The Morgan fingerprint density at radius 1 is 0.659 bits per heavy atom. The van der Waals surface area contributed by atoms with E-state index in [1.54, 1.807) is 0 Å². The van der Waals surface area contributed by atoms with E-state index >= 15 is 0 Å². The molecule has 208 valence electrons. The van der Waals surface area contributed by atoms with Crippen molar-refractivity contribution in [1.29, 1.82) is 0 Å². The van der Waals surface area contributed by atoms with E-state index in [0.717, 1.165) is 31.4 Å². The minimum absolute atomic E-state index is 0.0499. The van der Waals surface area contributed by atoms with Crippen LogP contribution in [0.2, 0.25) is 0 Å². The van der Waals surface area contributed by atoms with Gasteiger partial charge in [0, 0.05) is 31.9 Å². The smallest absolute Gasteiger partial charge is 0.337 e. The van der Waals surface area contributed by atoms with Gasteiger partial charge in [0.2, 0.25) is 0 Å². The topological polar surface area (TPSA) is 78.5 Å². The van der Waals surface area contributed by atoms with Gasteiger partial charge in [-0.25, -0.2) is 28.1 Å². The van der Waals surface area contributed by atoms with Gasteiger partial charge in [-0.2, -0.15) is 0 Å². The Hall–Kier alpha value is -5.11. The zero-order valence-corrected chi connectivity index (χ0v) is 23.4. The van der Waals surface area contributed by atoms with Crippen LogP contribution in [0.4, 0.5) is 5.69 Å². The van der Waals surface area contributed by atoms with Crippen molar-refractivity contribution < 1.29 is 4.74 Å². The van der Waals surface area contributed by atoms with Crippen LogP contribution in [0.3, 0.4) is 0 Å². The summed E-state index contributed by atoms with van der Waals surface area (Å²) < 4.78 is 9.24. The summed E-state index contributed by atoms with van der Waals surface area (Å²) in [6, 6.07) is 33.8. The number of aromatic nitrogens is 3. The van der Waals surface area contributed by atoms with Crippen LogP contribution in [0, 0.1) is 6.92 Å². The maximum Gasteiger partial charge on any atom is 0.337 e. The highest BCUT2D eigenvalue weighted by molar-refractivity contribution is 5.48. The Labute approximate surface area is 237 Å². The second kappa shape index (κ2) is 12.0. The highest BCUT2D eigenvalue weighted by atomic mass is 16.5. The lowest BCUT2D eigenvalue weighted by atomic mass is 10.0. The summed E-state index contributed by atoms with van der Waals surface area (Å²) in [5.41, 5.74) is 3.36. The molecule has 8 heteroatoms. The molecule has 8 nitrogen and oxygen atoms in total. The Morgan fingerprint density at radius 2 is 1.22 bits per heavy atom. The van der Waals surface area contributed by atoms with Gasteiger partial charge in [0.1, 0.15) is 18.2 Å². The maximum absolute atomic E-state index is 12.9. The number of benzene rings is 4. The molecule has 1 heterocycles. The standard InChI is InChI=1S/C33H32N4O4/c1-24-13-15-25(16-14-24)21-26-17-19-29(20-18-26)41-30-12-8-7-9-27(30)22-36(28-10-5-4-6-11-28)23-37-32(39)34(2)31(38)35(3)33(37)40/h4-20H,21-23H2,1-3H3. The zero-order chi connectivity index (χ0) is 28.9. The third-order valence-corrected chi connectivity index (χ3v) is 7.06. The number of anilines is 1. The summed E-state index contributed by atoms with van der Waals surface area (Å²) in [5.74, 6) is 1.37. The molecule has 0 unspecified atom stereocenters. The molecule has 0 fully saturated rings. The monoisotopic (exact) mass is 548 g/mol. The summed E-state index contributed by atoms with van der Waals surface area (Å²) >= 11 is 0. The molecule has 1 aromatic heterocycles. The van der Waals surface area contributed by atoms with Crippen LogP contribution in [0.5, 0.6) is 11.5 Å². The Bertz CT molecular complexity index is 1780. The molecule has 0 aliphatic rings. The minimum atomic E-state index is -0.672. The van der Waals surface area contributed by atoms with Crippen molar-refractivity contribution in [1.82, 2.24) is 13.7 Å². The van der Waals surface area contributed by atoms with Crippen molar-refractivity contribution in [3.05, 3.63) is 157 Å². The minimum Gasteiger partial charge on any atom is -0.457 e. The first-order valence-corrected chi connectivity index (χ1v) is 13.4. The van der Waals surface area contributed by atoms with Crippen molar-refractivity contribution in [2.45, 2.75) is 26.6 Å². The van der Waals surface area contributed by atoms with E-state index in [9.17, 15) is 14.4 Å². The molecule has 5 rings (SSSR count). The molecule has 0 radical (unpaired) electrons. The molecule has 0 aliphatic carbocycles. The van der Waals surface area contributed by atoms with E-state index in [-0.39, 0.29) is 6.67 Å². The van der Waals surface area contributed by atoms with Crippen LogP contribution in [0.25, 0.3) is 0 Å². The van der Waals surface area contributed by atoms with Gasteiger partial charge in [-0.05, 0) is 54.8 Å². The second-order valence-corrected chi connectivity index (χ2v) is 10.1. The van der Waals surface area contributed by atoms with Crippen LogP contribution in [-0.4, -0.2) is 13.7 Å². The second-order valence-electron chi connectivity index (χ2n) is 10.1. The molecular formula is C33H32N4O4. The van der Waals surface area contributed by atoms with Crippen LogP contribution in [0.1, 0.15) is 22.3 Å². The number of hydrogen-bond acceptors (Lipinski definition) is 5. The molecular weight excluding hydrogens is 516 g/mol. The molecule has 4 aromatic carbocycles. The quantitative estimate of drug-likeness (QED) is 0.269. The maximum atomic E-state index is 12.9. The molecule has 0 N–H and O–H groups in total. The third kappa shape index (κ3) is 6.22.